The molecule has 0 aliphatic rings. The van der Waals surface area contributed by atoms with E-state index in [-0.39, 0.29) is 23.5 Å². The maximum absolute atomic E-state index is 11.3. The normalized spacial score (nSPS) is 9.38. The third kappa shape index (κ3) is 2.12. The van der Waals surface area contributed by atoms with Gasteiger partial charge >= 0.3 is 5.97 Å². The van der Waals surface area contributed by atoms with Gasteiger partial charge in [-0.25, -0.2) is 4.79 Å². The summed E-state index contributed by atoms with van der Waals surface area (Å²) in [5, 5.41) is 18.0. The number of carbonyl (C=O) groups excluding carboxylic acids is 1. The van der Waals surface area contributed by atoms with Crippen molar-refractivity contribution in [3.63, 3.8) is 0 Å². The van der Waals surface area contributed by atoms with Crippen molar-refractivity contribution in [2.45, 2.75) is 6.61 Å². The predicted molar refractivity (Wildman–Crippen MR) is 55.0 cm³/mol. The number of nitrogens with zero attached hydrogens (tertiary/aromatic N) is 1. The van der Waals surface area contributed by atoms with Gasteiger partial charge in [0.2, 0.25) is 0 Å². The third-order valence-electron chi connectivity index (χ3n) is 2.11. The van der Waals surface area contributed by atoms with Gasteiger partial charge in [-0.05, 0) is 17.7 Å². The number of ether oxygens (including phenoxy) is 2. The molecule has 0 fully saturated rings. The maximum atomic E-state index is 11.3. The monoisotopic (exact) mass is 221 g/mol. The van der Waals surface area contributed by atoms with Gasteiger partial charge < -0.3 is 14.6 Å². The summed E-state index contributed by atoms with van der Waals surface area (Å²) in [5.74, 6) is -0.299. The molecule has 1 aromatic rings. The Bertz CT molecular complexity index is 423. The molecule has 5 heteroatoms. The van der Waals surface area contributed by atoms with Crippen molar-refractivity contribution >= 4 is 5.97 Å². The zero-order valence-electron chi connectivity index (χ0n) is 8.98. The minimum atomic E-state index is -0.544. The van der Waals surface area contributed by atoms with Gasteiger partial charge in [0.15, 0.2) is 0 Å². The quantitative estimate of drug-likeness (QED) is 0.765. The molecule has 0 aliphatic heterocycles. The Morgan fingerprint density at radius 1 is 1.50 bits per heavy atom. The second-order valence-electron chi connectivity index (χ2n) is 2.97. The van der Waals surface area contributed by atoms with Crippen LogP contribution in [0.5, 0.6) is 5.75 Å². The molecule has 0 saturated heterocycles. The Balaban J connectivity index is 3.38. The standard InChI is InChI=1S/C11H11NO4/c1-15-10-4-7(11(14)16-2)3-8(6-13)9(10)5-12/h3-4,13H,6H2,1-2H3. The first-order valence-corrected chi connectivity index (χ1v) is 4.48. The van der Waals surface area contributed by atoms with Gasteiger partial charge in [0.05, 0.1) is 32.0 Å². The van der Waals surface area contributed by atoms with E-state index < -0.39 is 5.97 Å². The third-order valence-corrected chi connectivity index (χ3v) is 2.11. The number of esters is 1. The van der Waals surface area contributed by atoms with Crippen LogP contribution < -0.4 is 4.74 Å². The van der Waals surface area contributed by atoms with Crippen molar-refractivity contribution in [2.24, 2.45) is 0 Å². The lowest BCUT2D eigenvalue weighted by molar-refractivity contribution is 0.0600. The van der Waals surface area contributed by atoms with Gasteiger partial charge in [0.1, 0.15) is 11.8 Å². The molecule has 1 aromatic carbocycles. The van der Waals surface area contributed by atoms with Gasteiger partial charge in [0.25, 0.3) is 0 Å². The molecule has 0 aliphatic carbocycles. The van der Waals surface area contributed by atoms with E-state index in [9.17, 15) is 4.79 Å². The van der Waals surface area contributed by atoms with Crippen molar-refractivity contribution in [3.8, 4) is 11.8 Å². The van der Waals surface area contributed by atoms with Crippen LogP contribution in [0, 0.1) is 11.3 Å². The molecule has 1 rings (SSSR count). The number of nitriles is 1. The van der Waals surface area contributed by atoms with Gasteiger partial charge in [-0.1, -0.05) is 0 Å². The van der Waals surface area contributed by atoms with Crippen molar-refractivity contribution < 1.29 is 19.4 Å². The van der Waals surface area contributed by atoms with E-state index in [2.05, 4.69) is 4.74 Å². The lowest BCUT2D eigenvalue weighted by atomic mass is 10.0. The molecule has 0 spiro atoms. The number of hydrogen-bond donors (Lipinski definition) is 1. The number of rotatable bonds is 3. The highest BCUT2D eigenvalue weighted by molar-refractivity contribution is 5.90. The lowest BCUT2D eigenvalue weighted by Gasteiger charge is -2.09. The zero-order chi connectivity index (χ0) is 12.1. The Morgan fingerprint density at radius 2 is 2.19 bits per heavy atom. The summed E-state index contributed by atoms with van der Waals surface area (Å²) in [6, 6.07) is 4.73. The van der Waals surface area contributed by atoms with Crippen LogP contribution in [0.1, 0.15) is 21.5 Å². The number of methoxy groups -OCH3 is 2. The van der Waals surface area contributed by atoms with Gasteiger partial charge in [-0.2, -0.15) is 5.26 Å². The molecule has 84 valence electrons. The van der Waals surface area contributed by atoms with Crippen LogP contribution in [0.15, 0.2) is 12.1 Å². The Labute approximate surface area is 92.8 Å². The minimum absolute atomic E-state index is 0.220. The minimum Gasteiger partial charge on any atom is -0.495 e. The van der Waals surface area contributed by atoms with Gasteiger partial charge in [-0.15, -0.1) is 0 Å². The summed E-state index contributed by atoms with van der Waals surface area (Å²) in [6.07, 6.45) is 0. The molecule has 0 aromatic heterocycles. The molecule has 0 heterocycles. The summed E-state index contributed by atoms with van der Waals surface area (Å²) in [7, 11) is 2.64. The van der Waals surface area contributed by atoms with E-state index in [1.807, 2.05) is 6.07 Å². The largest absolute Gasteiger partial charge is 0.495 e. The second-order valence-corrected chi connectivity index (χ2v) is 2.97. The van der Waals surface area contributed by atoms with Crippen molar-refractivity contribution in [1.29, 1.82) is 5.26 Å². The van der Waals surface area contributed by atoms with Crippen LogP contribution in [0.3, 0.4) is 0 Å². The van der Waals surface area contributed by atoms with E-state index >= 15 is 0 Å². The molecule has 0 saturated carbocycles. The van der Waals surface area contributed by atoms with E-state index in [4.69, 9.17) is 15.1 Å². The SMILES string of the molecule is COC(=O)c1cc(CO)c(C#N)c(OC)c1. The van der Waals surface area contributed by atoms with E-state index in [1.165, 1.54) is 26.4 Å². The summed E-state index contributed by atoms with van der Waals surface area (Å²) in [6.45, 7) is -0.343. The van der Waals surface area contributed by atoms with Crippen LogP contribution >= 0.6 is 0 Å². The lowest BCUT2D eigenvalue weighted by Crippen LogP contribution is -2.05. The fourth-order valence-corrected chi connectivity index (χ4v) is 1.32. The molecule has 0 amide bonds. The number of benzene rings is 1. The van der Waals surface area contributed by atoms with E-state index in [0.29, 0.717) is 5.56 Å². The first-order chi connectivity index (χ1) is 7.67. The molecule has 5 nitrogen and oxygen atoms in total. The molecule has 1 N–H and O–H groups in total. The number of aliphatic hydroxyl groups excluding tert-OH is 1. The summed E-state index contributed by atoms with van der Waals surface area (Å²) >= 11 is 0. The second kappa shape index (κ2) is 5.14. The average molecular weight is 221 g/mol. The first kappa shape index (κ1) is 12.0. The Kier molecular flexibility index (Phi) is 3.86. The average Bonchev–Trinajstić information content (AvgIpc) is 2.35. The highest BCUT2D eigenvalue weighted by Crippen LogP contribution is 2.24. The summed E-state index contributed by atoms with van der Waals surface area (Å²) in [5.41, 5.74) is 0.794. The fraction of sp³-hybridized carbons (Fsp3) is 0.273. The fourth-order valence-electron chi connectivity index (χ4n) is 1.32. The van der Waals surface area contributed by atoms with Crippen molar-refractivity contribution in [1.82, 2.24) is 0 Å². The summed E-state index contributed by atoms with van der Waals surface area (Å²) in [4.78, 5) is 11.3. The molecule has 16 heavy (non-hydrogen) atoms. The van der Waals surface area contributed by atoms with Crippen molar-refractivity contribution in [3.05, 3.63) is 28.8 Å². The molecular weight excluding hydrogens is 210 g/mol. The number of carbonyl (C=O) groups is 1. The molecule has 0 radical (unpaired) electrons. The number of aliphatic hydroxyl groups is 1. The van der Waals surface area contributed by atoms with Crippen molar-refractivity contribution in [2.75, 3.05) is 14.2 Å². The Hall–Kier alpha value is -2.06. The topological polar surface area (TPSA) is 79.5 Å². The van der Waals surface area contributed by atoms with E-state index in [0.717, 1.165) is 0 Å². The van der Waals surface area contributed by atoms with Gasteiger partial charge in [0, 0.05) is 0 Å². The van der Waals surface area contributed by atoms with Crippen LogP contribution in [0.25, 0.3) is 0 Å². The van der Waals surface area contributed by atoms with Crippen LogP contribution in [0.2, 0.25) is 0 Å². The molecule has 0 unspecified atom stereocenters. The zero-order valence-corrected chi connectivity index (χ0v) is 8.98. The highest BCUT2D eigenvalue weighted by Gasteiger charge is 2.15. The van der Waals surface area contributed by atoms with Gasteiger partial charge in [-0.3, -0.25) is 0 Å². The van der Waals surface area contributed by atoms with E-state index in [1.54, 1.807) is 0 Å². The molecular formula is C11H11NO4. The van der Waals surface area contributed by atoms with Crippen LogP contribution in [-0.4, -0.2) is 25.3 Å². The molecule has 0 atom stereocenters. The Morgan fingerprint density at radius 3 is 2.62 bits per heavy atom. The number of hydrogen-bond acceptors (Lipinski definition) is 5. The molecule has 0 bridgehead atoms. The summed E-state index contributed by atoms with van der Waals surface area (Å²) < 4.78 is 9.52. The van der Waals surface area contributed by atoms with Crippen LogP contribution in [0.4, 0.5) is 0 Å². The maximum Gasteiger partial charge on any atom is 0.337 e. The van der Waals surface area contributed by atoms with Crippen LogP contribution in [-0.2, 0) is 11.3 Å². The smallest absolute Gasteiger partial charge is 0.337 e. The predicted octanol–water partition coefficient (Wildman–Crippen LogP) is 0.846. The highest BCUT2D eigenvalue weighted by atomic mass is 16.5. The first-order valence-electron chi connectivity index (χ1n) is 4.48.